The van der Waals surface area contributed by atoms with Crippen molar-refractivity contribution in [3.63, 3.8) is 0 Å². The molecule has 3 rings (SSSR count). The molecule has 0 aliphatic carbocycles. The number of hydrogen-bond acceptors (Lipinski definition) is 4. The molecular weight excluding hydrogens is 402 g/mol. The van der Waals surface area contributed by atoms with Gasteiger partial charge in [0.1, 0.15) is 12.4 Å². The molecule has 0 atom stereocenters. The van der Waals surface area contributed by atoms with Crippen molar-refractivity contribution in [1.82, 2.24) is 5.43 Å². The van der Waals surface area contributed by atoms with Gasteiger partial charge in [0.15, 0.2) is 0 Å². The lowest BCUT2D eigenvalue weighted by Crippen LogP contribution is -2.18. The van der Waals surface area contributed by atoms with Crippen LogP contribution in [0.1, 0.15) is 41.8 Å². The molecule has 0 aromatic heterocycles. The zero-order chi connectivity index (χ0) is 22.8. The predicted octanol–water partition coefficient (Wildman–Crippen LogP) is 5.01. The fourth-order valence-electron chi connectivity index (χ4n) is 2.97. The molecule has 6 heteroatoms. The summed E-state index contributed by atoms with van der Waals surface area (Å²) in [5.74, 6) is 0.571. The van der Waals surface area contributed by atoms with Gasteiger partial charge in [0.05, 0.1) is 6.21 Å². The summed E-state index contributed by atoms with van der Waals surface area (Å²) in [5.41, 5.74) is 5.44. The van der Waals surface area contributed by atoms with Crippen LogP contribution in [0.3, 0.4) is 0 Å². The third-order valence-electron chi connectivity index (χ3n) is 4.55. The van der Waals surface area contributed by atoms with Crippen LogP contribution in [0.2, 0.25) is 0 Å². The zero-order valence-electron chi connectivity index (χ0n) is 18.2. The van der Waals surface area contributed by atoms with Crippen LogP contribution in [0.4, 0.5) is 5.69 Å². The minimum Gasteiger partial charge on any atom is -0.488 e. The van der Waals surface area contributed by atoms with Crippen molar-refractivity contribution in [2.45, 2.75) is 26.9 Å². The maximum Gasteiger partial charge on any atom is 0.271 e. The molecule has 0 bridgehead atoms. The maximum absolute atomic E-state index is 12.4. The first kappa shape index (κ1) is 22.7. The van der Waals surface area contributed by atoms with E-state index in [1.165, 1.54) is 0 Å². The van der Waals surface area contributed by atoms with Crippen molar-refractivity contribution in [3.8, 4) is 5.75 Å². The van der Waals surface area contributed by atoms with Gasteiger partial charge < -0.3 is 10.1 Å². The van der Waals surface area contributed by atoms with Crippen molar-refractivity contribution in [3.05, 3.63) is 95.6 Å². The molecule has 0 unspecified atom stereocenters. The van der Waals surface area contributed by atoms with Crippen molar-refractivity contribution >= 4 is 23.7 Å². The first-order valence-corrected chi connectivity index (χ1v) is 10.5. The van der Waals surface area contributed by atoms with E-state index in [1.807, 2.05) is 68.4 Å². The summed E-state index contributed by atoms with van der Waals surface area (Å²) in [7, 11) is 0. The van der Waals surface area contributed by atoms with Gasteiger partial charge in [-0.15, -0.1) is 0 Å². The summed E-state index contributed by atoms with van der Waals surface area (Å²) in [4.78, 5) is 24.2. The Morgan fingerprint density at radius 2 is 1.62 bits per heavy atom. The van der Waals surface area contributed by atoms with E-state index in [0.717, 1.165) is 11.1 Å². The summed E-state index contributed by atoms with van der Waals surface area (Å²) in [6.07, 6.45) is 2.01. The zero-order valence-corrected chi connectivity index (χ0v) is 18.2. The number of anilines is 1. The van der Waals surface area contributed by atoms with Crippen LogP contribution in [0.15, 0.2) is 84.0 Å². The summed E-state index contributed by atoms with van der Waals surface area (Å²) in [6, 6.07) is 24.1. The van der Waals surface area contributed by atoms with Crippen LogP contribution in [0.25, 0.3) is 0 Å². The summed E-state index contributed by atoms with van der Waals surface area (Å²) in [6.45, 7) is 4.42. The van der Waals surface area contributed by atoms with Crippen molar-refractivity contribution < 1.29 is 14.3 Å². The van der Waals surface area contributed by atoms with Gasteiger partial charge in [0.25, 0.3) is 5.91 Å². The third kappa shape index (κ3) is 7.09. The number of carbonyl (C=O) groups excluding carboxylic acids is 2. The van der Waals surface area contributed by atoms with Gasteiger partial charge in [0, 0.05) is 23.2 Å². The van der Waals surface area contributed by atoms with Gasteiger partial charge >= 0.3 is 0 Å². The molecule has 6 nitrogen and oxygen atoms in total. The molecule has 0 spiro atoms. The van der Waals surface area contributed by atoms with Gasteiger partial charge in [-0.05, 0) is 47.9 Å². The topological polar surface area (TPSA) is 79.8 Å². The van der Waals surface area contributed by atoms with Crippen LogP contribution in [0.5, 0.6) is 5.75 Å². The van der Waals surface area contributed by atoms with Gasteiger partial charge in [-0.1, -0.05) is 56.3 Å². The van der Waals surface area contributed by atoms with Crippen molar-refractivity contribution in [2.24, 2.45) is 11.0 Å². The lowest BCUT2D eigenvalue weighted by molar-refractivity contribution is -0.116. The molecular formula is C26H27N3O3. The fraction of sp³-hybridized carbons (Fsp3) is 0.192. The number of carbonyl (C=O) groups is 2. The number of benzene rings is 3. The first-order chi connectivity index (χ1) is 15.5. The van der Waals surface area contributed by atoms with Crippen molar-refractivity contribution in [2.75, 3.05) is 5.32 Å². The molecule has 0 fully saturated rings. The molecule has 3 aromatic rings. The number of nitrogens with one attached hydrogen (secondary N) is 2. The van der Waals surface area contributed by atoms with Crippen molar-refractivity contribution in [1.29, 1.82) is 0 Å². The van der Waals surface area contributed by atoms with E-state index in [2.05, 4.69) is 15.8 Å². The molecule has 0 saturated heterocycles. The molecule has 2 N–H and O–H groups in total. The normalized spacial score (nSPS) is 10.8. The minimum atomic E-state index is -0.344. The Kier molecular flexibility index (Phi) is 8.15. The first-order valence-electron chi connectivity index (χ1n) is 10.5. The van der Waals surface area contributed by atoms with E-state index in [4.69, 9.17) is 4.74 Å². The maximum atomic E-state index is 12.4. The molecule has 3 aromatic carbocycles. The molecule has 2 amide bonds. The molecule has 32 heavy (non-hydrogen) atoms. The largest absolute Gasteiger partial charge is 0.488 e. The SMILES string of the molecule is CC(C)CC(=O)Nc1ccc(C(=O)NN=Cc2ccccc2OCc2ccccc2)cc1. The van der Waals surface area contributed by atoms with Crippen LogP contribution in [-0.4, -0.2) is 18.0 Å². The van der Waals surface area contributed by atoms with E-state index in [1.54, 1.807) is 30.5 Å². The molecule has 164 valence electrons. The molecule has 0 saturated carbocycles. The highest BCUT2D eigenvalue weighted by atomic mass is 16.5. The highest BCUT2D eigenvalue weighted by Gasteiger charge is 2.08. The van der Waals surface area contributed by atoms with Crippen LogP contribution < -0.4 is 15.5 Å². The summed E-state index contributed by atoms with van der Waals surface area (Å²) < 4.78 is 5.90. The van der Waals surface area contributed by atoms with Crippen LogP contribution >= 0.6 is 0 Å². The number of rotatable bonds is 9. The second-order valence-corrected chi connectivity index (χ2v) is 7.73. The Hall–Kier alpha value is -3.93. The lowest BCUT2D eigenvalue weighted by Gasteiger charge is -2.09. The van der Waals surface area contributed by atoms with E-state index in [9.17, 15) is 9.59 Å². The predicted molar refractivity (Wildman–Crippen MR) is 127 cm³/mol. The highest BCUT2D eigenvalue weighted by molar-refractivity contribution is 5.96. The third-order valence-corrected chi connectivity index (χ3v) is 4.55. The second-order valence-electron chi connectivity index (χ2n) is 7.73. The average molecular weight is 430 g/mol. The highest BCUT2D eigenvalue weighted by Crippen LogP contribution is 2.17. The fourth-order valence-corrected chi connectivity index (χ4v) is 2.97. The van der Waals surface area contributed by atoms with Gasteiger partial charge in [-0.3, -0.25) is 9.59 Å². The number of amides is 2. The monoisotopic (exact) mass is 429 g/mol. The van der Waals surface area contributed by atoms with Crippen LogP contribution in [-0.2, 0) is 11.4 Å². The Bertz CT molecular complexity index is 1060. The lowest BCUT2D eigenvalue weighted by atomic mass is 10.1. The van der Waals surface area contributed by atoms with Gasteiger partial charge in [-0.25, -0.2) is 5.43 Å². The number of hydrazone groups is 1. The summed E-state index contributed by atoms with van der Waals surface area (Å²) >= 11 is 0. The standard InChI is InChI=1S/C26H27N3O3/c1-19(2)16-25(30)28-23-14-12-21(13-15-23)26(31)29-27-17-22-10-6-7-11-24(22)32-18-20-8-4-3-5-9-20/h3-15,17,19H,16,18H2,1-2H3,(H,28,30)(H,29,31). The Morgan fingerprint density at radius 3 is 2.34 bits per heavy atom. The molecule has 0 aliphatic heterocycles. The number of hydrogen-bond donors (Lipinski definition) is 2. The van der Waals surface area contributed by atoms with Crippen LogP contribution in [0, 0.1) is 5.92 Å². The molecule has 0 aliphatic rings. The Morgan fingerprint density at radius 1 is 0.938 bits per heavy atom. The average Bonchev–Trinajstić information content (AvgIpc) is 2.79. The number of para-hydroxylation sites is 1. The molecule has 0 radical (unpaired) electrons. The van der Waals surface area contributed by atoms with E-state index in [-0.39, 0.29) is 17.7 Å². The quantitative estimate of drug-likeness (QED) is 0.370. The Balaban J connectivity index is 1.55. The van der Waals surface area contributed by atoms with E-state index < -0.39 is 0 Å². The van der Waals surface area contributed by atoms with Gasteiger partial charge in [-0.2, -0.15) is 5.10 Å². The van der Waals surface area contributed by atoms with Gasteiger partial charge in [0.2, 0.25) is 5.91 Å². The minimum absolute atomic E-state index is 0.0463. The number of nitrogens with zero attached hydrogens (tertiary/aromatic N) is 1. The van der Waals surface area contributed by atoms with E-state index >= 15 is 0 Å². The number of ether oxygens (including phenoxy) is 1. The smallest absolute Gasteiger partial charge is 0.271 e. The summed E-state index contributed by atoms with van der Waals surface area (Å²) in [5, 5.41) is 6.88. The Labute approximate surface area is 188 Å². The second kappa shape index (κ2) is 11.5. The van der Waals surface area contributed by atoms with E-state index in [0.29, 0.717) is 30.0 Å². The molecule has 0 heterocycles.